The SMILES string of the molecule is COc1ccc(N2CCN(C(=O)/C=C/c3ccc(OC)c(OC)c3)CC2)cc1. The van der Waals surface area contributed by atoms with Crippen LogP contribution in [0.2, 0.25) is 0 Å². The van der Waals surface area contributed by atoms with Gasteiger partial charge in [-0.05, 0) is 48.0 Å². The molecule has 1 heterocycles. The van der Waals surface area contributed by atoms with Gasteiger partial charge in [-0.1, -0.05) is 6.07 Å². The van der Waals surface area contributed by atoms with Gasteiger partial charge in [0.05, 0.1) is 21.3 Å². The Morgan fingerprint density at radius 2 is 1.54 bits per heavy atom. The fraction of sp³-hybridized carbons (Fsp3) is 0.318. The highest BCUT2D eigenvalue weighted by molar-refractivity contribution is 5.92. The number of hydrogen-bond donors (Lipinski definition) is 0. The smallest absolute Gasteiger partial charge is 0.246 e. The molecule has 1 fully saturated rings. The Morgan fingerprint density at radius 3 is 2.14 bits per heavy atom. The summed E-state index contributed by atoms with van der Waals surface area (Å²) in [7, 11) is 4.86. The van der Waals surface area contributed by atoms with Gasteiger partial charge in [0.15, 0.2) is 11.5 Å². The molecule has 0 aliphatic carbocycles. The van der Waals surface area contributed by atoms with E-state index in [9.17, 15) is 4.79 Å². The molecule has 1 aliphatic heterocycles. The van der Waals surface area contributed by atoms with Crippen molar-refractivity contribution in [1.29, 1.82) is 0 Å². The average molecular weight is 382 g/mol. The molecule has 28 heavy (non-hydrogen) atoms. The molecule has 0 bridgehead atoms. The number of benzene rings is 2. The Kier molecular flexibility index (Phi) is 6.42. The summed E-state index contributed by atoms with van der Waals surface area (Å²) in [6, 6.07) is 13.6. The second-order valence-electron chi connectivity index (χ2n) is 6.46. The van der Waals surface area contributed by atoms with Gasteiger partial charge in [-0.3, -0.25) is 4.79 Å². The summed E-state index contributed by atoms with van der Waals surface area (Å²) in [6.07, 6.45) is 3.42. The van der Waals surface area contributed by atoms with Gasteiger partial charge in [-0.25, -0.2) is 0 Å². The van der Waals surface area contributed by atoms with Crippen molar-refractivity contribution in [1.82, 2.24) is 4.90 Å². The van der Waals surface area contributed by atoms with E-state index in [4.69, 9.17) is 14.2 Å². The van der Waals surface area contributed by atoms with E-state index in [0.717, 1.165) is 30.1 Å². The summed E-state index contributed by atoms with van der Waals surface area (Å²) in [5, 5.41) is 0. The lowest BCUT2D eigenvalue weighted by Gasteiger charge is -2.35. The molecule has 3 rings (SSSR count). The van der Waals surface area contributed by atoms with E-state index in [0.29, 0.717) is 24.6 Å². The van der Waals surface area contributed by atoms with E-state index in [1.165, 1.54) is 0 Å². The van der Waals surface area contributed by atoms with Crippen molar-refractivity contribution in [3.8, 4) is 17.2 Å². The van der Waals surface area contributed by atoms with Gasteiger partial charge in [0.25, 0.3) is 0 Å². The number of anilines is 1. The molecule has 148 valence electrons. The molecule has 0 N–H and O–H groups in total. The third-order valence-corrected chi connectivity index (χ3v) is 4.85. The molecule has 1 aliphatic rings. The van der Waals surface area contributed by atoms with Crippen LogP contribution in [-0.2, 0) is 4.79 Å². The number of rotatable bonds is 6. The van der Waals surface area contributed by atoms with Crippen molar-refractivity contribution in [3.05, 3.63) is 54.1 Å². The third-order valence-electron chi connectivity index (χ3n) is 4.85. The van der Waals surface area contributed by atoms with Crippen LogP contribution in [0.25, 0.3) is 6.08 Å². The van der Waals surface area contributed by atoms with Gasteiger partial charge in [0.2, 0.25) is 5.91 Å². The van der Waals surface area contributed by atoms with Gasteiger partial charge in [0, 0.05) is 37.9 Å². The number of hydrogen-bond acceptors (Lipinski definition) is 5. The molecule has 1 saturated heterocycles. The van der Waals surface area contributed by atoms with Crippen LogP contribution in [0.4, 0.5) is 5.69 Å². The lowest BCUT2D eigenvalue weighted by Crippen LogP contribution is -2.48. The van der Waals surface area contributed by atoms with E-state index in [-0.39, 0.29) is 5.91 Å². The fourth-order valence-corrected chi connectivity index (χ4v) is 3.21. The number of carbonyl (C=O) groups excluding carboxylic acids is 1. The summed E-state index contributed by atoms with van der Waals surface area (Å²) in [5.41, 5.74) is 2.04. The predicted molar refractivity (Wildman–Crippen MR) is 110 cm³/mol. The van der Waals surface area contributed by atoms with E-state index in [1.807, 2.05) is 47.4 Å². The molecular weight excluding hydrogens is 356 g/mol. The molecule has 0 saturated carbocycles. The molecular formula is C22H26N2O4. The highest BCUT2D eigenvalue weighted by atomic mass is 16.5. The van der Waals surface area contributed by atoms with Gasteiger partial charge >= 0.3 is 0 Å². The summed E-state index contributed by atoms with van der Waals surface area (Å²) < 4.78 is 15.7. The molecule has 0 spiro atoms. The van der Waals surface area contributed by atoms with E-state index in [1.54, 1.807) is 33.5 Å². The van der Waals surface area contributed by atoms with Crippen molar-refractivity contribution in [2.24, 2.45) is 0 Å². The second-order valence-corrected chi connectivity index (χ2v) is 6.46. The number of methoxy groups -OCH3 is 3. The van der Waals surface area contributed by atoms with Crippen molar-refractivity contribution in [2.75, 3.05) is 52.4 Å². The van der Waals surface area contributed by atoms with Crippen LogP contribution >= 0.6 is 0 Å². The summed E-state index contributed by atoms with van der Waals surface area (Å²) >= 11 is 0. The molecule has 6 heteroatoms. The van der Waals surface area contributed by atoms with E-state index < -0.39 is 0 Å². The number of nitrogens with zero attached hydrogens (tertiary/aromatic N) is 2. The maximum Gasteiger partial charge on any atom is 0.246 e. The largest absolute Gasteiger partial charge is 0.497 e. The number of ether oxygens (including phenoxy) is 3. The predicted octanol–water partition coefficient (Wildman–Crippen LogP) is 3.07. The molecule has 0 aromatic heterocycles. The topological polar surface area (TPSA) is 51.2 Å². The molecule has 6 nitrogen and oxygen atoms in total. The van der Waals surface area contributed by atoms with Crippen LogP contribution in [-0.4, -0.2) is 58.3 Å². The molecule has 0 radical (unpaired) electrons. The standard InChI is InChI=1S/C22H26N2O4/c1-26-19-8-6-18(7-9-19)23-12-14-24(15-13-23)22(25)11-5-17-4-10-20(27-2)21(16-17)28-3/h4-11,16H,12-15H2,1-3H3/b11-5+. The Hall–Kier alpha value is -3.15. The van der Waals surface area contributed by atoms with Crippen molar-refractivity contribution in [2.45, 2.75) is 0 Å². The van der Waals surface area contributed by atoms with Gasteiger partial charge < -0.3 is 24.0 Å². The molecule has 0 unspecified atom stereocenters. The zero-order valence-electron chi connectivity index (χ0n) is 16.6. The minimum absolute atomic E-state index is 0.0177. The molecule has 0 atom stereocenters. The van der Waals surface area contributed by atoms with Crippen LogP contribution in [0.15, 0.2) is 48.5 Å². The summed E-state index contributed by atoms with van der Waals surface area (Å²) in [4.78, 5) is 16.7. The van der Waals surface area contributed by atoms with Crippen LogP contribution < -0.4 is 19.1 Å². The Bertz CT molecular complexity index is 825. The summed E-state index contributed by atoms with van der Waals surface area (Å²) in [6.45, 7) is 3.01. The number of piperazine rings is 1. The van der Waals surface area contributed by atoms with E-state index >= 15 is 0 Å². The van der Waals surface area contributed by atoms with Gasteiger partial charge in [-0.2, -0.15) is 0 Å². The zero-order chi connectivity index (χ0) is 19.9. The maximum absolute atomic E-state index is 12.5. The minimum atomic E-state index is 0.0177. The minimum Gasteiger partial charge on any atom is -0.497 e. The zero-order valence-corrected chi connectivity index (χ0v) is 16.6. The maximum atomic E-state index is 12.5. The normalized spacial score (nSPS) is 14.2. The van der Waals surface area contributed by atoms with Crippen molar-refractivity contribution < 1.29 is 19.0 Å². The number of carbonyl (C=O) groups is 1. The second kappa shape index (κ2) is 9.17. The first kappa shape index (κ1) is 19.6. The molecule has 1 amide bonds. The monoisotopic (exact) mass is 382 g/mol. The first-order valence-electron chi connectivity index (χ1n) is 9.22. The molecule has 2 aromatic carbocycles. The van der Waals surface area contributed by atoms with Gasteiger partial charge in [-0.15, -0.1) is 0 Å². The quantitative estimate of drug-likeness (QED) is 0.719. The van der Waals surface area contributed by atoms with Crippen LogP contribution in [0.5, 0.6) is 17.2 Å². The first-order chi connectivity index (χ1) is 13.6. The average Bonchev–Trinajstić information content (AvgIpc) is 2.77. The Balaban J connectivity index is 1.56. The van der Waals surface area contributed by atoms with Crippen molar-refractivity contribution >= 4 is 17.7 Å². The van der Waals surface area contributed by atoms with E-state index in [2.05, 4.69) is 4.90 Å². The molecule has 2 aromatic rings. The fourth-order valence-electron chi connectivity index (χ4n) is 3.21. The van der Waals surface area contributed by atoms with Crippen LogP contribution in [0, 0.1) is 0 Å². The Morgan fingerprint density at radius 1 is 0.857 bits per heavy atom. The van der Waals surface area contributed by atoms with Crippen molar-refractivity contribution in [3.63, 3.8) is 0 Å². The van der Waals surface area contributed by atoms with Crippen LogP contribution in [0.1, 0.15) is 5.56 Å². The highest BCUT2D eigenvalue weighted by Crippen LogP contribution is 2.28. The lowest BCUT2D eigenvalue weighted by molar-refractivity contribution is -0.126. The third kappa shape index (κ3) is 4.57. The lowest BCUT2D eigenvalue weighted by atomic mass is 10.1. The van der Waals surface area contributed by atoms with Crippen LogP contribution in [0.3, 0.4) is 0 Å². The first-order valence-corrected chi connectivity index (χ1v) is 9.22. The highest BCUT2D eigenvalue weighted by Gasteiger charge is 2.19. The Labute approximate surface area is 165 Å². The number of amides is 1. The summed E-state index contributed by atoms with van der Waals surface area (Å²) in [5.74, 6) is 2.17. The van der Waals surface area contributed by atoms with Gasteiger partial charge in [0.1, 0.15) is 5.75 Å².